The molecular formula is C22H25NO2. The van der Waals surface area contributed by atoms with Crippen LogP contribution < -0.4 is 0 Å². The summed E-state index contributed by atoms with van der Waals surface area (Å²) in [5, 5.41) is 0. The normalized spacial score (nSPS) is 12.6. The van der Waals surface area contributed by atoms with E-state index in [1.807, 2.05) is 6.92 Å². The lowest BCUT2D eigenvalue weighted by atomic mass is 9.93. The van der Waals surface area contributed by atoms with Gasteiger partial charge in [-0.3, -0.25) is 0 Å². The molecule has 1 aliphatic rings. The maximum Gasteiger partial charge on any atom is 0.409 e. The van der Waals surface area contributed by atoms with Crippen molar-refractivity contribution in [1.29, 1.82) is 0 Å². The monoisotopic (exact) mass is 335 g/mol. The summed E-state index contributed by atoms with van der Waals surface area (Å²) in [6, 6.07) is 17.3. The van der Waals surface area contributed by atoms with Crippen LogP contribution in [0.1, 0.15) is 35.6 Å². The smallest absolute Gasteiger partial charge is 0.409 e. The molecule has 0 radical (unpaired) electrons. The van der Waals surface area contributed by atoms with Crippen molar-refractivity contribution in [3.05, 3.63) is 76.9 Å². The van der Waals surface area contributed by atoms with Crippen molar-refractivity contribution >= 4 is 11.7 Å². The minimum absolute atomic E-state index is 0.262. The summed E-state index contributed by atoms with van der Waals surface area (Å²) in [6.45, 7) is 2.88. The lowest BCUT2D eigenvalue weighted by molar-refractivity contribution is 0.117. The van der Waals surface area contributed by atoms with Gasteiger partial charge in [0.15, 0.2) is 0 Å². The second-order valence-electron chi connectivity index (χ2n) is 6.34. The van der Waals surface area contributed by atoms with Gasteiger partial charge in [-0.1, -0.05) is 54.6 Å². The first-order chi connectivity index (χ1) is 12.2. The van der Waals surface area contributed by atoms with Crippen LogP contribution >= 0.6 is 0 Å². The zero-order valence-electron chi connectivity index (χ0n) is 15.0. The second-order valence-corrected chi connectivity index (χ2v) is 6.34. The van der Waals surface area contributed by atoms with E-state index >= 15 is 0 Å². The fourth-order valence-corrected chi connectivity index (χ4v) is 3.36. The molecule has 1 amide bonds. The molecular weight excluding hydrogens is 310 g/mol. The van der Waals surface area contributed by atoms with Crippen LogP contribution in [0.25, 0.3) is 5.57 Å². The number of ether oxygens (including phenoxy) is 1. The summed E-state index contributed by atoms with van der Waals surface area (Å²) >= 11 is 0. The topological polar surface area (TPSA) is 29.5 Å². The van der Waals surface area contributed by atoms with Crippen LogP contribution in [0, 0.1) is 0 Å². The summed E-state index contributed by atoms with van der Waals surface area (Å²) < 4.78 is 5.04. The van der Waals surface area contributed by atoms with Gasteiger partial charge >= 0.3 is 6.09 Å². The molecule has 0 N–H and O–H groups in total. The van der Waals surface area contributed by atoms with Crippen LogP contribution in [0.2, 0.25) is 0 Å². The van der Waals surface area contributed by atoms with Crippen molar-refractivity contribution < 1.29 is 9.53 Å². The lowest BCUT2D eigenvalue weighted by Gasteiger charge is -2.16. The highest BCUT2D eigenvalue weighted by Crippen LogP contribution is 2.33. The number of rotatable bonds is 4. The number of hydrogen-bond acceptors (Lipinski definition) is 2. The van der Waals surface area contributed by atoms with E-state index in [1.165, 1.54) is 27.8 Å². The summed E-state index contributed by atoms with van der Waals surface area (Å²) in [7, 11) is 1.78. The van der Waals surface area contributed by atoms with Gasteiger partial charge in [-0.2, -0.15) is 0 Å². The van der Waals surface area contributed by atoms with Crippen molar-refractivity contribution in [3.8, 4) is 0 Å². The number of amides is 1. The molecule has 0 saturated heterocycles. The number of carbonyl (C=O) groups excluding carboxylic acids is 1. The highest BCUT2D eigenvalue weighted by molar-refractivity contribution is 5.83. The van der Waals surface area contributed by atoms with Crippen LogP contribution in [0.5, 0.6) is 0 Å². The molecule has 0 aliphatic heterocycles. The molecule has 0 heterocycles. The van der Waals surface area contributed by atoms with Gasteiger partial charge in [0.05, 0.1) is 6.61 Å². The minimum atomic E-state index is -0.262. The highest BCUT2D eigenvalue weighted by atomic mass is 16.5. The Balaban J connectivity index is 1.88. The van der Waals surface area contributed by atoms with Gasteiger partial charge in [0.25, 0.3) is 0 Å². The van der Waals surface area contributed by atoms with E-state index < -0.39 is 0 Å². The third-order valence-electron chi connectivity index (χ3n) is 4.67. The zero-order valence-corrected chi connectivity index (χ0v) is 15.0. The Labute approximate surface area is 149 Å². The average Bonchev–Trinajstić information content (AvgIpc) is 2.79. The number of aryl methyl sites for hydroxylation is 2. The average molecular weight is 335 g/mol. The van der Waals surface area contributed by atoms with E-state index in [2.05, 4.69) is 54.6 Å². The van der Waals surface area contributed by atoms with Gasteiger partial charge in [-0.15, -0.1) is 0 Å². The lowest BCUT2D eigenvalue weighted by Crippen LogP contribution is -2.28. The Bertz CT molecular complexity index is 730. The Morgan fingerprint density at radius 1 is 1.04 bits per heavy atom. The summed E-state index contributed by atoms with van der Waals surface area (Å²) in [5.74, 6) is 0. The number of hydrogen-bond donors (Lipinski definition) is 0. The largest absolute Gasteiger partial charge is 0.450 e. The minimum Gasteiger partial charge on any atom is -0.450 e. The molecule has 0 unspecified atom stereocenters. The van der Waals surface area contributed by atoms with Crippen LogP contribution in [-0.4, -0.2) is 31.2 Å². The molecule has 0 saturated carbocycles. The van der Waals surface area contributed by atoms with Gasteiger partial charge in [0.2, 0.25) is 0 Å². The zero-order chi connectivity index (χ0) is 17.6. The molecule has 3 heteroatoms. The van der Waals surface area contributed by atoms with Crippen molar-refractivity contribution in [2.24, 2.45) is 0 Å². The Morgan fingerprint density at radius 2 is 1.60 bits per heavy atom. The van der Waals surface area contributed by atoms with Gasteiger partial charge in [0.1, 0.15) is 0 Å². The Hall–Kier alpha value is -2.55. The van der Waals surface area contributed by atoms with Crippen molar-refractivity contribution in [3.63, 3.8) is 0 Å². The molecule has 25 heavy (non-hydrogen) atoms. The Morgan fingerprint density at radius 3 is 2.16 bits per heavy atom. The second kappa shape index (κ2) is 8.02. The van der Waals surface area contributed by atoms with Gasteiger partial charge in [-0.05, 0) is 54.0 Å². The predicted molar refractivity (Wildman–Crippen MR) is 102 cm³/mol. The van der Waals surface area contributed by atoms with Crippen LogP contribution in [0.4, 0.5) is 4.79 Å². The third-order valence-corrected chi connectivity index (χ3v) is 4.67. The number of nitrogens with zero attached hydrogens (tertiary/aromatic N) is 1. The van der Waals surface area contributed by atoms with Crippen molar-refractivity contribution in [2.45, 2.75) is 26.2 Å². The number of fused-ring (bicyclic) bond motifs is 2. The fourth-order valence-electron chi connectivity index (χ4n) is 3.36. The molecule has 3 nitrogen and oxygen atoms in total. The van der Waals surface area contributed by atoms with Crippen molar-refractivity contribution in [2.75, 3.05) is 20.2 Å². The third kappa shape index (κ3) is 3.93. The SMILES string of the molecule is CCOC(=O)N(C)CCC=C1c2ccccc2CCc2ccccc21. The summed E-state index contributed by atoms with van der Waals surface area (Å²) in [6.07, 6.45) is 4.93. The van der Waals surface area contributed by atoms with E-state index in [9.17, 15) is 4.79 Å². The standard InChI is InChI=1S/C22H25NO2/c1-3-25-22(24)23(2)16-8-13-21-19-11-6-4-9-17(19)14-15-18-10-5-7-12-20(18)21/h4-7,9-13H,3,8,14-16H2,1-2H3. The molecule has 0 bridgehead atoms. The first kappa shape index (κ1) is 17.3. The molecule has 0 aromatic heterocycles. The van der Waals surface area contributed by atoms with E-state index in [0.717, 1.165) is 19.3 Å². The molecule has 2 aromatic carbocycles. The maximum absolute atomic E-state index is 11.8. The van der Waals surface area contributed by atoms with E-state index in [0.29, 0.717) is 13.2 Å². The quantitative estimate of drug-likeness (QED) is 0.811. The maximum atomic E-state index is 11.8. The van der Waals surface area contributed by atoms with Crippen LogP contribution in [-0.2, 0) is 17.6 Å². The fraction of sp³-hybridized carbons (Fsp3) is 0.318. The van der Waals surface area contributed by atoms with Crippen LogP contribution in [0.3, 0.4) is 0 Å². The molecule has 1 aliphatic carbocycles. The molecule has 0 spiro atoms. The van der Waals surface area contributed by atoms with Gasteiger partial charge in [-0.25, -0.2) is 4.79 Å². The van der Waals surface area contributed by atoms with E-state index in [1.54, 1.807) is 11.9 Å². The Kier molecular flexibility index (Phi) is 5.54. The van der Waals surface area contributed by atoms with Crippen molar-refractivity contribution in [1.82, 2.24) is 4.90 Å². The highest BCUT2D eigenvalue weighted by Gasteiger charge is 2.17. The number of benzene rings is 2. The van der Waals surface area contributed by atoms with E-state index in [4.69, 9.17) is 4.74 Å². The van der Waals surface area contributed by atoms with Gasteiger partial charge < -0.3 is 9.64 Å². The molecule has 3 rings (SSSR count). The molecule has 2 aromatic rings. The molecule has 0 fully saturated rings. The molecule has 0 atom stereocenters. The van der Waals surface area contributed by atoms with Gasteiger partial charge in [0, 0.05) is 13.6 Å². The molecule has 130 valence electrons. The first-order valence-electron chi connectivity index (χ1n) is 8.95. The summed E-state index contributed by atoms with van der Waals surface area (Å²) in [4.78, 5) is 13.4. The van der Waals surface area contributed by atoms with E-state index in [-0.39, 0.29) is 6.09 Å². The number of carbonyl (C=O) groups is 1. The van der Waals surface area contributed by atoms with Crippen LogP contribution in [0.15, 0.2) is 54.6 Å². The predicted octanol–water partition coefficient (Wildman–Crippen LogP) is 4.70. The summed E-state index contributed by atoms with van der Waals surface area (Å²) in [5.41, 5.74) is 6.69. The first-order valence-corrected chi connectivity index (χ1v) is 8.95.